The van der Waals surface area contributed by atoms with E-state index in [0.717, 1.165) is 0 Å². The van der Waals surface area contributed by atoms with Crippen LogP contribution in [-0.2, 0) is 7.05 Å². The molecule has 0 atom stereocenters. The topological polar surface area (TPSA) is 96.3 Å². The Hall–Kier alpha value is -2.05. The molecule has 17 heavy (non-hydrogen) atoms. The predicted octanol–water partition coefficient (Wildman–Crippen LogP) is 0.896. The normalized spacial score (nSPS) is 10.4. The van der Waals surface area contributed by atoms with Crippen molar-refractivity contribution in [1.29, 1.82) is 0 Å². The zero-order valence-electron chi connectivity index (χ0n) is 10.0. The highest BCUT2D eigenvalue weighted by atomic mass is 16.4. The van der Waals surface area contributed by atoms with E-state index in [0.29, 0.717) is 12.5 Å². The van der Waals surface area contributed by atoms with Crippen molar-refractivity contribution in [2.75, 3.05) is 11.9 Å². The van der Waals surface area contributed by atoms with Gasteiger partial charge in [0.15, 0.2) is 5.69 Å². The molecule has 7 heteroatoms. The highest BCUT2D eigenvalue weighted by molar-refractivity contribution is 5.98. The van der Waals surface area contributed by atoms with Gasteiger partial charge in [-0.1, -0.05) is 13.8 Å². The number of aryl methyl sites for hydroxylation is 1. The van der Waals surface area contributed by atoms with Crippen molar-refractivity contribution in [1.82, 2.24) is 15.1 Å². The smallest absolute Gasteiger partial charge is 0.358 e. The minimum atomic E-state index is -1.18. The second-order valence-electron chi connectivity index (χ2n) is 4.10. The average Bonchev–Trinajstić information content (AvgIpc) is 2.56. The fraction of sp³-hybridized carbons (Fsp3) is 0.500. The predicted molar refractivity (Wildman–Crippen MR) is 62.0 cm³/mol. The number of hydrogen-bond donors (Lipinski definition) is 3. The summed E-state index contributed by atoms with van der Waals surface area (Å²) in [5.74, 6) is -0.849. The third kappa shape index (κ3) is 3.78. The van der Waals surface area contributed by atoms with E-state index < -0.39 is 12.0 Å². The van der Waals surface area contributed by atoms with Gasteiger partial charge in [-0.05, 0) is 5.92 Å². The maximum Gasteiger partial charge on any atom is 0.358 e. The Labute approximate surface area is 98.8 Å². The molecule has 0 saturated carbocycles. The van der Waals surface area contributed by atoms with Crippen LogP contribution in [0.1, 0.15) is 24.3 Å². The van der Waals surface area contributed by atoms with Crippen molar-refractivity contribution in [2.45, 2.75) is 13.8 Å². The zero-order valence-corrected chi connectivity index (χ0v) is 10.0. The highest BCUT2D eigenvalue weighted by Crippen LogP contribution is 2.12. The van der Waals surface area contributed by atoms with Crippen LogP contribution in [-0.4, -0.2) is 33.4 Å². The fourth-order valence-electron chi connectivity index (χ4n) is 1.20. The number of nitrogens with zero attached hydrogens (tertiary/aromatic N) is 2. The van der Waals surface area contributed by atoms with Crippen LogP contribution in [0.3, 0.4) is 0 Å². The van der Waals surface area contributed by atoms with Gasteiger partial charge in [0, 0.05) is 19.8 Å². The maximum absolute atomic E-state index is 11.4. The van der Waals surface area contributed by atoms with Gasteiger partial charge in [0.25, 0.3) is 0 Å². The quantitative estimate of drug-likeness (QED) is 0.728. The van der Waals surface area contributed by atoms with Crippen LogP contribution < -0.4 is 10.6 Å². The number of rotatable bonds is 4. The Morgan fingerprint density at radius 2 is 2.18 bits per heavy atom. The molecule has 0 radical (unpaired) electrons. The van der Waals surface area contributed by atoms with E-state index in [1.165, 1.54) is 10.9 Å². The van der Waals surface area contributed by atoms with Crippen molar-refractivity contribution >= 4 is 17.7 Å². The van der Waals surface area contributed by atoms with E-state index in [2.05, 4.69) is 15.7 Å². The molecule has 1 rings (SSSR count). The minimum absolute atomic E-state index is 0.174. The lowest BCUT2D eigenvalue weighted by Gasteiger charge is -2.08. The van der Waals surface area contributed by atoms with Gasteiger partial charge in [-0.25, -0.2) is 9.59 Å². The summed E-state index contributed by atoms with van der Waals surface area (Å²) in [5, 5.41) is 17.7. The second kappa shape index (κ2) is 5.33. The van der Waals surface area contributed by atoms with Gasteiger partial charge in [-0.3, -0.25) is 4.68 Å². The number of urea groups is 1. The van der Waals surface area contributed by atoms with Crippen molar-refractivity contribution in [3.8, 4) is 0 Å². The number of aromatic carboxylic acids is 1. The maximum atomic E-state index is 11.4. The third-order valence-electron chi connectivity index (χ3n) is 1.95. The minimum Gasteiger partial charge on any atom is -0.476 e. The van der Waals surface area contributed by atoms with E-state index in [-0.39, 0.29) is 11.4 Å². The van der Waals surface area contributed by atoms with Crippen LogP contribution in [0, 0.1) is 5.92 Å². The Morgan fingerprint density at radius 1 is 1.53 bits per heavy atom. The first-order valence-corrected chi connectivity index (χ1v) is 5.22. The molecule has 1 aromatic rings. The Bertz CT molecular complexity index is 425. The third-order valence-corrected chi connectivity index (χ3v) is 1.95. The van der Waals surface area contributed by atoms with E-state index >= 15 is 0 Å². The first-order chi connectivity index (χ1) is 7.90. The van der Waals surface area contributed by atoms with E-state index in [9.17, 15) is 9.59 Å². The number of carboxylic acids is 1. The van der Waals surface area contributed by atoms with Crippen LogP contribution in [0.5, 0.6) is 0 Å². The summed E-state index contributed by atoms with van der Waals surface area (Å²) in [7, 11) is 1.59. The number of carbonyl (C=O) groups excluding carboxylic acids is 1. The van der Waals surface area contributed by atoms with Gasteiger partial charge in [0.05, 0.1) is 5.69 Å². The van der Waals surface area contributed by atoms with Crippen molar-refractivity contribution in [2.24, 2.45) is 13.0 Å². The molecule has 1 heterocycles. The number of carbonyl (C=O) groups is 2. The first-order valence-electron chi connectivity index (χ1n) is 5.22. The monoisotopic (exact) mass is 240 g/mol. The molecule has 0 aromatic carbocycles. The molecule has 0 saturated heterocycles. The van der Waals surface area contributed by atoms with Crippen LogP contribution in [0.15, 0.2) is 6.20 Å². The van der Waals surface area contributed by atoms with Gasteiger partial charge < -0.3 is 15.7 Å². The second-order valence-corrected chi connectivity index (χ2v) is 4.10. The SMILES string of the molecule is CC(C)CNC(=O)Nc1cn(C)nc1C(=O)O. The summed E-state index contributed by atoms with van der Waals surface area (Å²) < 4.78 is 1.33. The Morgan fingerprint density at radius 3 is 2.71 bits per heavy atom. The van der Waals surface area contributed by atoms with Gasteiger partial charge in [-0.15, -0.1) is 0 Å². The van der Waals surface area contributed by atoms with Crippen LogP contribution in [0.4, 0.5) is 10.5 Å². The number of amides is 2. The van der Waals surface area contributed by atoms with Gasteiger partial charge in [0.1, 0.15) is 0 Å². The van der Waals surface area contributed by atoms with Gasteiger partial charge in [0.2, 0.25) is 0 Å². The molecule has 0 spiro atoms. The molecule has 3 N–H and O–H groups in total. The Kier molecular flexibility index (Phi) is 4.08. The lowest BCUT2D eigenvalue weighted by Crippen LogP contribution is -2.32. The van der Waals surface area contributed by atoms with E-state index in [1.54, 1.807) is 7.05 Å². The molecule has 0 fully saturated rings. The number of nitrogens with one attached hydrogen (secondary N) is 2. The standard InChI is InChI=1S/C10H16N4O3/c1-6(2)4-11-10(17)12-7-5-14(3)13-8(7)9(15)16/h5-6H,4H2,1-3H3,(H,15,16)(H2,11,12,17). The molecule has 94 valence electrons. The van der Waals surface area contributed by atoms with Crippen molar-refractivity contribution in [3.63, 3.8) is 0 Å². The number of hydrogen-bond acceptors (Lipinski definition) is 3. The van der Waals surface area contributed by atoms with E-state index in [4.69, 9.17) is 5.11 Å². The van der Waals surface area contributed by atoms with Crippen LogP contribution >= 0.6 is 0 Å². The van der Waals surface area contributed by atoms with Crippen LogP contribution in [0.2, 0.25) is 0 Å². The van der Waals surface area contributed by atoms with E-state index in [1.807, 2.05) is 13.8 Å². The summed E-state index contributed by atoms with van der Waals surface area (Å²) in [6.07, 6.45) is 1.44. The Balaban J connectivity index is 2.68. The van der Waals surface area contributed by atoms with Gasteiger partial charge >= 0.3 is 12.0 Å². The summed E-state index contributed by atoms with van der Waals surface area (Å²) in [5.41, 5.74) is 0.00783. The first kappa shape index (κ1) is 13.0. The summed E-state index contributed by atoms with van der Waals surface area (Å²) in [4.78, 5) is 22.3. The molecule has 0 unspecified atom stereocenters. The van der Waals surface area contributed by atoms with Crippen molar-refractivity contribution in [3.05, 3.63) is 11.9 Å². The summed E-state index contributed by atoms with van der Waals surface area (Å²) >= 11 is 0. The molecular weight excluding hydrogens is 224 g/mol. The molecule has 0 bridgehead atoms. The fourth-order valence-corrected chi connectivity index (χ4v) is 1.20. The summed E-state index contributed by atoms with van der Waals surface area (Å²) in [6.45, 7) is 4.45. The lowest BCUT2D eigenvalue weighted by molar-refractivity contribution is 0.0690. The largest absolute Gasteiger partial charge is 0.476 e. The molecule has 0 aliphatic carbocycles. The molecule has 0 aliphatic rings. The molecule has 7 nitrogen and oxygen atoms in total. The molecular formula is C10H16N4O3. The highest BCUT2D eigenvalue weighted by Gasteiger charge is 2.16. The molecule has 2 amide bonds. The number of anilines is 1. The van der Waals surface area contributed by atoms with Crippen LogP contribution in [0.25, 0.3) is 0 Å². The zero-order chi connectivity index (χ0) is 13.0. The molecule has 0 aliphatic heterocycles. The van der Waals surface area contributed by atoms with Gasteiger partial charge in [-0.2, -0.15) is 5.10 Å². The average molecular weight is 240 g/mol. The number of carboxylic acid groups (broad SMARTS) is 1. The van der Waals surface area contributed by atoms with Crippen molar-refractivity contribution < 1.29 is 14.7 Å². The lowest BCUT2D eigenvalue weighted by atomic mass is 10.2. The summed E-state index contributed by atoms with van der Waals surface area (Å²) in [6, 6.07) is -0.436. The number of aromatic nitrogens is 2. The molecule has 1 aromatic heterocycles.